The summed E-state index contributed by atoms with van der Waals surface area (Å²) >= 11 is 3.22. The predicted octanol–water partition coefficient (Wildman–Crippen LogP) is 1.27. The summed E-state index contributed by atoms with van der Waals surface area (Å²) in [4.78, 5) is 0. The van der Waals surface area contributed by atoms with Gasteiger partial charge < -0.3 is 10.4 Å². The van der Waals surface area contributed by atoms with Crippen molar-refractivity contribution < 1.29 is 5.11 Å². The van der Waals surface area contributed by atoms with E-state index in [0.717, 1.165) is 24.3 Å². The third-order valence-electron chi connectivity index (χ3n) is 2.95. The van der Waals surface area contributed by atoms with Gasteiger partial charge >= 0.3 is 0 Å². The van der Waals surface area contributed by atoms with E-state index in [1.54, 1.807) is 0 Å². The van der Waals surface area contributed by atoms with Gasteiger partial charge in [-0.25, -0.2) is 0 Å². The number of aromatic nitrogens is 2. The molecule has 2 atom stereocenters. The fourth-order valence-electron chi connectivity index (χ4n) is 1.91. The smallest absolute Gasteiger partial charge is 0.0893 e. The molecule has 16 heavy (non-hydrogen) atoms. The molecule has 2 unspecified atom stereocenters. The van der Waals surface area contributed by atoms with Crippen molar-refractivity contribution in [2.75, 3.05) is 12.3 Å². The van der Waals surface area contributed by atoms with Crippen molar-refractivity contribution in [3.05, 3.63) is 11.1 Å². The van der Waals surface area contributed by atoms with Gasteiger partial charge in [-0.1, -0.05) is 11.4 Å². The average molecular weight is 259 g/mol. The molecule has 0 bridgehead atoms. The zero-order valence-corrected chi connectivity index (χ0v) is 11.0. The third-order valence-corrected chi connectivity index (χ3v) is 4.91. The predicted molar refractivity (Wildman–Crippen MR) is 67.7 cm³/mol. The van der Waals surface area contributed by atoms with E-state index in [4.69, 9.17) is 0 Å². The average Bonchev–Trinajstić information content (AvgIpc) is 2.77. The SMILES string of the molecule is CCSC1CCC1(O)CNCc1csnn1. The highest BCUT2D eigenvalue weighted by Gasteiger charge is 2.44. The zero-order valence-electron chi connectivity index (χ0n) is 9.35. The Labute approximate surface area is 104 Å². The number of rotatable bonds is 6. The highest BCUT2D eigenvalue weighted by molar-refractivity contribution is 8.00. The van der Waals surface area contributed by atoms with Crippen molar-refractivity contribution in [1.29, 1.82) is 0 Å². The number of hydrogen-bond donors (Lipinski definition) is 2. The molecule has 0 radical (unpaired) electrons. The zero-order chi connectivity index (χ0) is 11.4. The molecule has 1 aliphatic carbocycles. The molecular formula is C10H17N3OS2. The molecule has 2 rings (SSSR count). The minimum atomic E-state index is -0.510. The normalized spacial score (nSPS) is 29.0. The molecule has 1 fully saturated rings. The van der Waals surface area contributed by atoms with Crippen LogP contribution >= 0.6 is 23.3 Å². The van der Waals surface area contributed by atoms with Crippen LogP contribution in [0.25, 0.3) is 0 Å². The first-order valence-electron chi connectivity index (χ1n) is 5.55. The van der Waals surface area contributed by atoms with Gasteiger partial charge in [-0.2, -0.15) is 11.8 Å². The van der Waals surface area contributed by atoms with Gasteiger partial charge in [-0.3, -0.25) is 0 Å². The molecular weight excluding hydrogens is 242 g/mol. The molecule has 1 aromatic rings. The fourth-order valence-corrected chi connectivity index (χ4v) is 3.55. The highest BCUT2D eigenvalue weighted by Crippen LogP contribution is 2.40. The molecule has 2 N–H and O–H groups in total. The fraction of sp³-hybridized carbons (Fsp3) is 0.800. The highest BCUT2D eigenvalue weighted by atomic mass is 32.2. The summed E-state index contributed by atoms with van der Waals surface area (Å²) in [6.07, 6.45) is 2.04. The van der Waals surface area contributed by atoms with Gasteiger partial charge in [0.05, 0.1) is 11.3 Å². The van der Waals surface area contributed by atoms with E-state index >= 15 is 0 Å². The second kappa shape index (κ2) is 5.44. The number of nitrogens with zero attached hydrogens (tertiary/aromatic N) is 2. The van der Waals surface area contributed by atoms with Gasteiger partial charge in [0.2, 0.25) is 0 Å². The maximum absolute atomic E-state index is 10.3. The molecule has 90 valence electrons. The van der Waals surface area contributed by atoms with Crippen LogP contribution in [0.2, 0.25) is 0 Å². The van der Waals surface area contributed by atoms with Crippen molar-refractivity contribution >= 4 is 23.3 Å². The van der Waals surface area contributed by atoms with Crippen LogP contribution < -0.4 is 5.32 Å². The van der Waals surface area contributed by atoms with Crippen LogP contribution in [0.5, 0.6) is 0 Å². The maximum Gasteiger partial charge on any atom is 0.0893 e. The molecule has 0 aliphatic heterocycles. The Kier molecular flexibility index (Phi) is 4.18. The van der Waals surface area contributed by atoms with E-state index in [2.05, 4.69) is 21.8 Å². The summed E-state index contributed by atoms with van der Waals surface area (Å²) in [7, 11) is 0. The Morgan fingerprint density at radius 3 is 3.19 bits per heavy atom. The lowest BCUT2D eigenvalue weighted by molar-refractivity contribution is -0.0235. The van der Waals surface area contributed by atoms with Gasteiger partial charge in [-0.15, -0.1) is 5.10 Å². The van der Waals surface area contributed by atoms with Gasteiger partial charge in [-0.05, 0) is 30.1 Å². The van der Waals surface area contributed by atoms with E-state index < -0.39 is 5.60 Å². The summed E-state index contributed by atoms with van der Waals surface area (Å²) in [6, 6.07) is 0. The van der Waals surface area contributed by atoms with E-state index in [9.17, 15) is 5.11 Å². The number of aliphatic hydroxyl groups is 1. The van der Waals surface area contributed by atoms with Crippen molar-refractivity contribution in [2.45, 2.75) is 37.2 Å². The maximum atomic E-state index is 10.3. The lowest BCUT2D eigenvalue weighted by Crippen LogP contribution is -2.56. The van der Waals surface area contributed by atoms with Crippen molar-refractivity contribution in [3.8, 4) is 0 Å². The summed E-state index contributed by atoms with van der Waals surface area (Å²) in [5, 5.41) is 19.9. The Bertz CT molecular complexity index is 320. The van der Waals surface area contributed by atoms with Crippen LogP contribution in [0.3, 0.4) is 0 Å². The lowest BCUT2D eigenvalue weighted by atomic mass is 9.79. The summed E-state index contributed by atoms with van der Waals surface area (Å²) < 4.78 is 3.80. The number of nitrogens with one attached hydrogen (secondary N) is 1. The number of hydrogen-bond acceptors (Lipinski definition) is 6. The summed E-state index contributed by atoms with van der Waals surface area (Å²) in [5.41, 5.74) is 0.442. The third kappa shape index (κ3) is 2.74. The molecule has 6 heteroatoms. The standard InChI is InChI=1S/C10H17N3OS2/c1-2-15-9-3-4-10(9,14)7-11-5-8-6-16-13-12-8/h6,9,11,14H,2-5,7H2,1H3. The molecule has 0 saturated heterocycles. The van der Waals surface area contributed by atoms with E-state index in [1.165, 1.54) is 11.5 Å². The number of thioether (sulfide) groups is 1. The Morgan fingerprint density at radius 2 is 2.62 bits per heavy atom. The quantitative estimate of drug-likeness (QED) is 0.806. The van der Waals surface area contributed by atoms with E-state index in [0.29, 0.717) is 18.3 Å². The lowest BCUT2D eigenvalue weighted by Gasteiger charge is -2.45. The molecule has 1 aromatic heterocycles. The van der Waals surface area contributed by atoms with Crippen LogP contribution in [0.4, 0.5) is 0 Å². The summed E-state index contributed by atoms with van der Waals surface area (Å²) in [6.45, 7) is 3.49. The van der Waals surface area contributed by atoms with E-state index in [-0.39, 0.29) is 0 Å². The molecule has 0 aromatic carbocycles. The van der Waals surface area contributed by atoms with Crippen LogP contribution in [0, 0.1) is 0 Å². The topological polar surface area (TPSA) is 58.0 Å². The molecule has 0 amide bonds. The Balaban J connectivity index is 1.73. The largest absolute Gasteiger partial charge is 0.387 e. The summed E-state index contributed by atoms with van der Waals surface area (Å²) in [5.74, 6) is 1.07. The van der Waals surface area contributed by atoms with Gasteiger partial charge in [0.1, 0.15) is 0 Å². The first kappa shape index (κ1) is 12.3. The van der Waals surface area contributed by atoms with Crippen molar-refractivity contribution in [1.82, 2.24) is 14.9 Å². The van der Waals surface area contributed by atoms with Crippen LogP contribution in [-0.4, -0.2) is 37.8 Å². The molecule has 1 aliphatic rings. The van der Waals surface area contributed by atoms with Crippen molar-refractivity contribution in [3.63, 3.8) is 0 Å². The van der Waals surface area contributed by atoms with Gasteiger partial charge in [0, 0.05) is 23.7 Å². The van der Waals surface area contributed by atoms with Crippen LogP contribution in [-0.2, 0) is 6.54 Å². The molecule has 1 heterocycles. The van der Waals surface area contributed by atoms with E-state index in [1.807, 2.05) is 17.1 Å². The Hall–Kier alpha value is -0.170. The minimum Gasteiger partial charge on any atom is -0.387 e. The first-order valence-corrected chi connectivity index (χ1v) is 7.44. The second-order valence-electron chi connectivity index (χ2n) is 4.09. The first-order chi connectivity index (χ1) is 7.74. The Morgan fingerprint density at radius 1 is 1.75 bits per heavy atom. The molecule has 4 nitrogen and oxygen atoms in total. The monoisotopic (exact) mass is 259 g/mol. The second-order valence-corrected chi connectivity index (χ2v) is 6.18. The molecule has 1 saturated carbocycles. The molecule has 0 spiro atoms. The van der Waals surface area contributed by atoms with Gasteiger partial charge in [0.15, 0.2) is 0 Å². The van der Waals surface area contributed by atoms with Crippen LogP contribution in [0.15, 0.2) is 5.38 Å². The van der Waals surface area contributed by atoms with Gasteiger partial charge in [0.25, 0.3) is 0 Å². The minimum absolute atomic E-state index is 0.401. The van der Waals surface area contributed by atoms with Crippen molar-refractivity contribution in [2.24, 2.45) is 0 Å². The van der Waals surface area contributed by atoms with Crippen LogP contribution in [0.1, 0.15) is 25.5 Å².